The Hall–Kier alpha value is -2.48. The van der Waals surface area contributed by atoms with Crippen molar-refractivity contribution in [2.24, 2.45) is 0 Å². The Labute approximate surface area is 120 Å². The summed E-state index contributed by atoms with van der Waals surface area (Å²) >= 11 is 5.09. The van der Waals surface area contributed by atoms with E-state index >= 15 is 0 Å². The molecule has 2 aromatic rings. The fourth-order valence-electron chi connectivity index (χ4n) is 1.48. The molecule has 0 aliphatic rings. The second-order valence-electron chi connectivity index (χ2n) is 3.98. The number of aryl methyl sites for hydroxylation is 1. The highest BCUT2D eigenvalue weighted by molar-refractivity contribution is 7.80. The zero-order chi connectivity index (χ0) is 14.5. The third kappa shape index (κ3) is 3.75. The molecule has 0 amide bonds. The molecule has 0 radical (unpaired) electrons. The summed E-state index contributed by atoms with van der Waals surface area (Å²) in [6.07, 6.45) is 1.17. The summed E-state index contributed by atoms with van der Waals surface area (Å²) in [7, 11) is 0. The summed E-state index contributed by atoms with van der Waals surface area (Å²) in [5.74, 6) is 2.03. The largest absolute Gasteiger partial charge is 0.465 e. The first-order valence-corrected chi connectivity index (χ1v) is 6.16. The van der Waals surface area contributed by atoms with Gasteiger partial charge in [0, 0.05) is 6.07 Å². The van der Waals surface area contributed by atoms with Gasteiger partial charge in [-0.3, -0.25) is 10.1 Å². The minimum absolute atomic E-state index is 0.0690. The highest BCUT2D eigenvalue weighted by atomic mass is 32.1. The lowest BCUT2D eigenvalue weighted by molar-refractivity contribution is -0.385. The van der Waals surface area contributed by atoms with Crippen LogP contribution >= 0.6 is 12.2 Å². The average Bonchev–Trinajstić information content (AvgIpc) is 2.83. The number of nitrogens with zero attached hydrogens (tertiary/aromatic N) is 2. The van der Waals surface area contributed by atoms with Gasteiger partial charge in [0.2, 0.25) is 0 Å². The van der Waals surface area contributed by atoms with Crippen molar-refractivity contribution in [2.75, 3.05) is 5.32 Å². The molecule has 0 atom stereocenters. The Kier molecular flexibility index (Phi) is 4.26. The van der Waals surface area contributed by atoms with Crippen LogP contribution in [0.1, 0.15) is 11.5 Å². The maximum Gasteiger partial charge on any atom is 0.287 e. The predicted octanol–water partition coefficient (Wildman–Crippen LogP) is 2.38. The number of nitro groups is 1. The van der Waals surface area contributed by atoms with Crippen LogP contribution in [0.2, 0.25) is 0 Å². The van der Waals surface area contributed by atoms with Crippen LogP contribution in [0.5, 0.6) is 0 Å². The lowest BCUT2D eigenvalue weighted by Crippen LogP contribution is -2.28. The second kappa shape index (κ2) is 6.11. The molecule has 0 saturated heterocycles. The van der Waals surface area contributed by atoms with Gasteiger partial charge in [0.05, 0.1) is 11.5 Å². The summed E-state index contributed by atoms with van der Waals surface area (Å²) in [6, 6.07) is 6.57. The number of rotatable bonds is 4. The van der Waals surface area contributed by atoms with E-state index in [1.54, 1.807) is 0 Å². The number of pyridine rings is 1. The number of furan rings is 1. The Morgan fingerprint density at radius 2 is 2.25 bits per heavy atom. The zero-order valence-corrected chi connectivity index (χ0v) is 11.4. The predicted molar refractivity (Wildman–Crippen MR) is 77.4 cm³/mol. The van der Waals surface area contributed by atoms with Gasteiger partial charge in [-0.05, 0) is 37.3 Å². The topological polar surface area (TPSA) is 93.2 Å². The second-order valence-corrected chi connectivity index (χ2v) is 4.39. The van der Waals surface area contributed by atoms with E-state index in [4.69, 9.17) is 16.6 Å². The number of hydrogen-bond acceptors (Lipinski definition) is 5. The van der Waals surface area contributed by atoms with Crippen molar-refractivity contribution in [2.45, 2.75) is 13.5 Å². The van der Waals surface area contributed by atoms with Crippen LogP contribution in [-0.2, 0) is 6.54 Å². The molecule has 0 aliphatic heterocycles. The summed E-state index contributed by atoms with van der Waals surface area (Å²) < 4.78 is 5.39. The summed E-state index contributed by atoms with van der Waals surface area (Å²) in [6.45, 7) is 2.31. The summed E-state index contributed by atoms with van der Waals surface area (Å²) in [5, 5.41) is 16.6. The first kappa shape index (κ1) is 13.9. The quantitative estimate of drug-likeness (QED) is 0.507. The van der Waals surface area contributed by atoms with Crippen LogP contribution in [0.25, 0.3) is 0 Å². The monoisotopic (exact) mass is 292 g/mol. The molecule has 0 aromatic carbocycles. The van der Waals surface area contributed by atoms with Crippen molar-refractivity contribution in [3.63, 3.8) is 0 Å². The minimum Gasteiger partial charge on any atom is -0.465 e. The van der Waals surface area contributed by atoms with E-state index in [9.17, 15) is 10.1 Å². The fourth-order valence-corrected chi connectivity index (χ4v) is 1.65. The van der Waals surface area contributed by atoms with E-state index in [1.807, 2.05) is 19.1 Å². The standard InChI is InChI=1S/C12H12N4O3S/c1-8-2-4-10(19-8)7-14-12(20)15-11-5-3-9(6-13-11)16(17)18/h2-6H,7H2,1H3,(H2,13,14,15,20). The molecule has 2 rings (SSSR count). The van der Waals surface area contributed by atoms with E-state index in [2.05, 4.69) is 15.6 Å². The maximum absolute atomic E-state index is 10.5. The Morgan fingerprint density at radius 3 is 2.80 bits per heavy atom. The first-order valence-electron chi connectivity index (χ1n) is 5.75. The van der Waals surface area contributed by atoms with Gasteiger partial charge in [0.15, 0.2) is 5.11 Å². The average molecular weight is 292 g/mol. The Bertz CT molecular complexity index is 624. The minimum atomic E-state index is -0.507. The molecule has 20 heavy (non-hydrogen) atoms. The normalized spacial score (nSPS) is 10.1. The van der Waals surface area contributed by atoms with Crippen LogP contribution in [0, 0.1) is 17.0 Å². The number of hydrogen-bond donors (Lipinski definition) is 2. The molecule has 0 spiro atoms. The molecule has 2 aromatic heterocycles. The van der Waals surface area contributed by atoms with Crippen molar-refractivity contribution in [1.82, 2.24) is 10.3 Å². The van der Waals surface area contributed by atoms with Gasteiger partial charge < -0.3 is 15.1 Å². The van der Waals surface area contributed by atoms with E-state index in [0.29, 0.717) is 17.5 Å². The molecular formula is C12H12N4O3S. The zero-order valence-electron chi connectivity index (χ0n) is 10.6. The fraction of sp³-hybridized carbons (Fsp3) is 0.167. The van der Waals surface area contributed by atoms with Crippen LogP contribution < -0.4 is 10.6 Å². The van der Waals surface area contributed by atoms with E-state index in [0.717, 1.165) is 11.5 Å². The van der Waals surface area contributed by atoms with Gasteiger partial charge in [0.25, 0.3) is 5.69 Å². The SMILES string of the molecule is Cc1ccc(CNC(=S)Nc2ccc([N+](=O)[O-])cn2)o1. The molecule has 0 bridgehead atoms. The Morgan fingerprint density at radius 1 is 1.45 bits per heavy atom. The molecule has 0 fully saturated rings. The number of thiocarbonyl (C=S) groups is 1. The van der Waals surface area contributed by atoms with Crippen molar-refractivity contribution in [3.8, 4) is 0 Å². The highest BCUT2D eigenvalue weighted by Crippen LogP contribution is 2.11. The highest BCUT2D eigenvalue weighted by Gasteiger charge is 2.06. The maximum atomic E-state index is 10.5. The van der Waals surface area contributed by atoms with Gasteiger partial charge in [-0.2, -0.15) is 0 Å². The number of nitrogens with one attached hydrogen (secondary N) is 2. The third-order valence-electron chi connectivity index (χ3n) is 2.42. The lowest BCUT2D eigenvalue weighted by Gasteiger charge is -2.08. The van der Waals surface area contributed by atoms with Crippen LogP contribution in [0.4, 0.5) is 11.5 Å². The molecule has 0 unspecified atom stereocenters. The number of anilines is 1. The van der Waals surface area contributed by atoms with Crippen LogP contribution in [0.3, 0.4) is 0 Å². The van der Waals surface area contributed by atoms with E-state index < -0.39 is 4.92 Å². The molecule has 104 valence electrons. The van der Waals surface area contributed by atoms with E-state index in [1.165, 1.54) is 18.3 Å². The molecule has 0 aliphatic carbocycles. The van der Waals surface area contributed by atoms with Crippen LogP contribution in [-0.4, -0.2) is 15.0 Å². The van der Waals surface area contributed by atoms with Crippen molar-refractivity contribution in [1.29, 1.82) is 0 Å². The Balaban J connectivity index is 1.86. The molecular weight excluding hydrogens is 280 g/mol. The summed E-state index contributed by atoms with van der Waals surface area (Å²) in [5.41, 5.74) is -0.0690. The van der Waals surface area contributed by atoms with Crippen molar-refractivity contribution >= 4 is 28.8 Å². The third-order valence-corrected chi connectivity index (χ3v) is 2.67. The lowest BCUT2D eigenvalue weighted by atomic mass is 10.4. The molecule has 2 heterocycles. The van der Waals surface area contributed by atoms with Gasteiger partial charge in [-0.1, -0.05) is 0 Å². The van der Waals surface area contributed by atoms with Crippen LogP contribution in [0.15, 0.2) is 34.9 Å². The first-order chi connectivity index (χ1) is 9.54. The molecule has 0 saturated carbocycles. The van der Waals surface area contributed by atoms with Gasteiger partial charge in [0.1, 0.15) is 23.5 Å². The molecule has 2 N–H and O–H groups in total. The number of aromatic nitrogens is 1. The van der Waals surface area contributed by atoms with Gasteiger partial charge in [-0.25, -0.2) is 4.98 Å². The van der Waals surface area contributed by atoms with Crippen molar-refractivity contribution in [3.05, 3.63) is 52.1 Å². The summed E-state index contributed by atoms with van der Waals surface area (Å²) in [4.78, 5) is 13.9. The van der Waals surface area contributed by atoms with Gasteiger partial charge in [-0.15, -0.1) is 0 Å². The molecule has 8 heteroatoms. The van der Waals surface area contributed by atoms with Gasteiger partial charge >= 0.3 is 0 Å². The molecule has 7 nitrogen and oxygen atoms in total. The smallest absolute Gasteiger partial charge is 0.287 e. The van der Waals surface area contributed by atoms with Crippen molar-refractivity contribution < 1.29 is 9.34 Å². The van der Waals surface area contributed by atoms with E-state index in [-0.39, 0.29) is 5.69 Å².